The van der Waals surface area contributed by atoms with Gasteiger partial charge in [-0.2, -0.15) is 0 Å². The van der Waals surface area contributed by atoms with Crippen LogP contribution in [0.5, 0.6) is 0 Å². The van der Waals surface area contributed by atoms with E-state index in [0.717, 1.165) is 23.1 Å². The topological polar surface area (TPSA) is 61.4 Å². The van der Waals surface area contributed by atoms with E-state index < -0.39 is 0 Å². The van der Waals surface area contributed by atoms with Gasteiger partial charge in [0.05, 0.1) is 12.6 Å². The molecule has 2 N–H and O–H groups in total. The Bertz CT molecular complexity index is 490. The zero-order valence-corrected chi connectivity index (χ0v) is 12.9. The Morgan fingerprint density at radius 2 is 2.15 bits per heavy atom. The number of hydrogen-bond acceptors (Lipinski definition) is 3. The summed E-state index contributed by atoms with van der Waals surface area (Å²) in [5, 5.41) is 5.95. The van der Waals surface area contributed by atoms with Crippen molar-refractivity contribution in [1.29, 1.82) is 0 Å². The number of carbonyl (C=O) groups excluding carboxylic acids is 2. The van der Waals surface area contributed by atoms with E-state index in [1.807, 2.05) is 31.2 Å². The average molecular weight is 340 g/mol. The van der Waals surface area contributed by atoms with Crippen LogP contribution in [0.15, 0.2) is 28.7 Å². The van der Waals surface area contributed by atoms with Gasteiger partial charge >= 0.3 is 0 Å². The summed E-state index contributed by atoms with van der Waals surface area (Å²) in [6.07, 6.45) is 0.740. The summed E-state index contributed by atoms with van der Waals surface area (Å²) < 4.78 is 0.957. The highest BCUT2D eigenvalue weighted by Gasteiger charge is 2.27. The predicted octanol–water partition coefficient (Wildman–Crippen LogP) is 1.60. The van der Waals surface area contributed by atoms with Crippen molar-refractivity contribution >= 4 is 33.4 Å². The minimum atomic E-state index is -0.169. The number of rotatable bonds is 4. The maximum atomic E-state index is 12.1. The normalized spacial score (nSPS) is 19.0. The molecule has 1 atom stereocenters. The maximum absolute atomic E-state index is 12.1. The summed E-state index contributed by atoms with van der Waals surface area (Å²) in [7, 11) is 0. The van der Waals surface area contributed by atoms with Crippen LogP contribution in [-0.2, 0) is 9.59 Å². The molecule has 20 heavy (non-hydrogen) atoms. The van der Waals surface area contributed by atoms with Gasteiger partial charge in [0.25, 0.3) is 0 Å². The van der Waals surface area contributed by atoms with Gasteiger partial charge in [0.15, 0.2) is 0 Å². The van der Waals surface area contributed by atoms with Crippen molar-refractivity contribution in [2.24, 2.45) is 0 Å². The molecule has 1 fully saturated rings. The first-order valence-electron chi connectivity index (χ1n) is 6.67. The highest BCUT2D eigenvalue weighted by Crippen LogP contribution is 2.14. The lowest BCUT2D eigenvalue weighted by atomic mass is 10.1. The highest BCUT2D eigenvalue weighted by atomic mass is 79.9. The summed E-state index contributed by atoms with van der Waals surface area (Å²) in [4.78, 5) is 25.6. The van der Waals surface area contributed by atoms with Crippen LogP contribution in [0.3, 0.4) is 0 Å². The molecule has 1 aliphatic rings. The van der Waals surface area contributed by atoms with E-state index >= 15 is 0 Å². The summed E-state index contributed by atoms with van der Waals surface area (Å²) in [5.74, 6) is -0.165. The minimum Gasteiger partial charge on any atom is -0.331 e. The van der Waals surface area contributed by atoms with E-state index in [1.165, 1.54) is 0 Å². The lowest BCUT2D eigenvalue weighted by molar-refractivity contribution is -0.138. The Balaban J connectivity index is 1.90. The summed E-state index contributed by atoms with van der Waals surface area (Å²) in [6, 6.07) is 7.19. The molecule has 1 aliphatic heterocycles. The monoisotopic (exact) mass is 339 g/mol. The van der Waals surface area contributed by atoms with Gasteiger partial charge < -0.3 is 15.5 Å². The van der Waals surface area contributed by atoms with Crippen molar-refractivity contribution in [2.75, 3.05) is 25.0 Å². The van der Waals surface area contributed by atoms with Crippen LogP contribution in [0, 0.1) is 0 Å². The standard InChI is InChI=1S/C14H18BrN3O2/c1-2-12-14(20)18(8-7-16-12)9-13(19)17-11-5-3-10(15)4-6-11/h3-6,12,16H,2,7-9H2,1H3,(H,17,19). The fourth-order valence-electron chi connectivity index (χ4n) is 2.17. The Kier molecular flexibility index (Phi) is 5.14. The molecule has 0 radical (unpaired) electrons. The van der Waals surface area contributed by atoms with E-state index in [4.69, 9.17) is 0 Å². The lowest BCUT2D eigenvalue weighted by Crippen LogP contribution is -2.56. The second-order valence-corrected chi connectivity index (χ2v) is 5.65. The smallest absolute Gasteiger partial charge is 0.243 e. The second kappa shape index (κ2) is 6.85. The minimum absolute atomic E-state index is 0.00436. The third-order valence-electron chi connectivity index (χ3n) is 3.25. The number of halogens is 1. The van der Waals surface area contributed by atoms with Crippen molar-refractivity contribution in [2.45, 2.75) is 19.4 Å². The number of piperazine rings is 1. The molecule has 2 amide bonds. The van der Waals surface area contributed by atoms with Gasteiger partial charge in [-0.15, -0.1) is 0 Å². The van der Waals surface area contributed by atoms with Crippen molar-refractivity contribution < 1.29 is 9.59 Å². The van der Waals surface area contributed by atoms with Gasteiger partial charge in [-0.05, 0) is 30.7 Å². The molecule has 1 unspecified atom stereocenters. The Morgan fingerprint density at radius 3 is 2.80 bits per heavy atom. The van der Waals surface area contributed by atoms with Gasteiger partial charge in [0.2, 0.25) is 11.8 Å². The molecule has 0 bridgehead atoms. The molecule has 1 aromatic rings. The predicted molar refractivity (Wildman–Crippen MR) is 81.4 cm³/mol. The molecule has 0 saturated carbocycles. The van der Waals surface area contributed by atoms with Crippen molar-refractivity contribution in [3.05, 3.63) is 28.7 Å². The largest absolute Gasteiger partial charge is 0.331 e. The van der Waals surface area contributed by atoms with Gasteiger partial charge in [-0.3, -0.25) is 9.59 Å². The van der Waals surface area contributed by atoms with Crippen LogP contribution in [0.1, 0.15) is 13.3 Å². The Labute approximate surface area is 126 Å². The fourth-order valence-corrected chi connectivity index (χ4v) is 2.44. The van der Waals surface area contributed by atoms with Gasteiger partial charge in [-0.1, -0.05) is 22.9 Å². The third-order valence-corrected chi connectivity index (χ3v) is 3.78. The van der Waals surface area contributed by atoms with E-state index in [-0.39, 0.29) is 24.4 Å². The molecular weight excluding hydrogens is 322 g/mol. The average Bonchev–Trinajstić information content (AvgIpc) is 2.44. The highest BCUT2D eigenvalue weighted by molar-refractivity contribution is 9.10. The number of nitrogens with zero attached hydrogens (tertiary/aromatic N) is 1. The van der Waals surface area contributed by atoms with Crippen molar-refractivity contribution in [1.82, 2.24) is 10.2 Å². The first kappa shape index (κ1) is 15.0. The zero-order valence-electron chi connectivity index (χ0n) is 11.4. The molecule has 1 aromatic carbocycles. The van der Waals surface area contributed by atoms with E-state index in [1.54, 1.807) is 4.90 Å². The van der Waals surface area contributed by atoms with Crippen molar-refractivity contribution in [3.8, 4) is 0 Å². The third kappa shape index (κ3) is 3.80. The zero-order chi connectivity index (χ0) is 14.5. The van der Waals surface area contributed by atoms with E-state index in [0.29, 0.717) is 6.54 Å². The van der Waals surface area contributed by atoms with Gasteiger partial charge in [-0.25, -0.2) is 0 Å². The first-order chi connectivity index (χ1) is 9.60. The number of amides is 2. The molecule has 2 rings (SSSR count). The number of hydrogen-bond donors (Lipinski definition) is 2. The molecule has 6 heteroatoms. The van der Waals surface area contributed by atoms with Crippen LogP contribution in [0.4, 0.5) is 5.69 Å². The molecule has 5 nitrogen and oxygen atoms in total. The number of carbonyl (C=O) groups is 2. The number of anilines is 1. The maximum Gasteiger partial charge on any atom is 0.243 e. The van der Waals surface area contributed by atoms with Gasteiger partial charge in [0, 0.05) is 23.2 Å². The quantitative estimate of drug-likeness (QED) is 0.875. The van der Waals surface area contributed by atoms with Crippen LogP contribution in [0.25, 0.3) is 0 Å². The first-order valence-corrected chi connectivity index (χ1v) is 7.47. The summed E-state index contributed by atoms with van der Waals surface area (Å²) >= 11 is 3.34. The van der Waals surface area contributed by atoms with E-state index in [2.05, 4.69) is 26.6 Å². The number of nitrogens with one attached hydrogen (secondary N) is 2. The molecule has 108 valence electrons. The molecule has 1 saturated heterocycles. The fraction of sp³-hybridized carbons (Fsp3) is 0.429. The van der Waals surface area contributed by atoms with Crippen LogP contribution >= 0.6 is 15.9 Å². The van der Waals surface area contributed by atoms with Gasteiger partial charge in [0.1, 0.15) is 0 Å². The Hall–Kier alpha value is -1.40. The molecule has 0 spiro atoms. The second-order valence-electron chi connectivity index (χ2n) is 4.73. The Morgan fingerprint density at radius 1 is 1.45 bits per heavy atom. The SMILES string of the molecule is CCC1NCCN(CC(=O)Nc2ccc(Br)cc2)C1=O. The van der Waals surface area contributed by atoms with E-state index in [9.17, 15) is 9.59 Å². The summed E-state index contributed by atoms with van der Waals surface area (Å²) in [5.41, 5.74) is 0.729. The van der Waals surface area contributed by atoms with Crippen molar-refractivity contribution in [3.63, 3.8) is 0 Å². The molecule has 0 aliphatic carbocycles. The molecular formula is C14H18BrN3O2. The number of benzene rings is 1. The van der Waals surface area contributed by atoms with Crippen LogP contribution in [-0.4, -0.2) is 42.4 Å². The molecule has 1 heterocycles. The lowest BCUT2D eigenvalue weighted by Gasteiger charge is -2.32. The summed E-state index contributed by atoms with van der Waals surface area (Å²) in [6.45, 7) is 3.37. The van der Waals surface area contributed by atoms with Crippen LogP contribution < -0.4 is 10.6 Å². The van der Waals surface area contributed by atoms with Crippen LogP contribution in [0.2, 0.25) is 0 Å². The molecule has 0 aromatic heterocycles.